The average molecular weight is 174 g/mol. The van der Waals surface area contributed by atoms with Gasteiger partial charge in [0.2, 0.25) is 0 Å². The van der Waals surface area contributed by atoms with Crippen molar-refractivity contribution in [2.45, 2.75) is 25.7 Å². The first-order valence-electron chi connectivity index (χ1n) is 4.04. The second-order valence-electron chi connectivity index (χ2n) is 3.36. The molecular weight excluding hydrogens is 162 g/mol. The minimum absolute atomic E-state index is 0.0314. The van der Waals surface area contributed by atoms with Crippen molar-refractivity contribution in [2.24, 2.45) is 5.41 Å². The summed E-state index contributed by atoms with van der Waals surface area (Å²) in [4.78, 5) is 0. The summed E-state index contributed by atoms with van der Waals surface area (Å²) < 4.78 is 23.4. The SMILES string of the molecule is N#CCC1(CNCC(F)F)CC1. The Hall–Kier alpha value is -0.690. The fourth-order valence-corrected chi connectivity index (χ4v) is 1.21. The molecule has 0 aliphatic heterocycles. The molecular formula is C8H12F2N2. The molecule has 0 aromatic carbocycles. The first-order chi connectivity index (χ1) is 5.68. The van der Waals surface area contributed by atoms with Gasteiger partial charge < -0.3 is 5.32 Å². The van der Waals surface area contributed by atoms with Crippen molar-refractivity contribution >= 4 is 0 Å². The number of alkyl halides is 2. The van der Waals surface area contributed by atoms with E-state index in [2.05, 4.69) is 11.4 Å². The molecule has 0 unspecified atom stereocenters. The normalized spacial score (nSPS) is 19.2. The van der Waals surface area contributed by atoms with Crippen molar-refractivity contribution in [1.29, 1.82) is 5.26 Å². The predicted octanol–water partition coefficient (Wildman–Crippen LogP) is 1.53. The summed E-state index contributed by atoms with van der Waals surface area (Å²) in [6.07, 6.45) is 0.194. The Morgan fingerprint density at radius 3 is 2.58 bits per heavy atom. The molecule has 0 aromatic rings. The number of hydrogen-bond acceptors (Lipinski definition) is 2. The van der Waals surface area contributed by atoms with Gasteiger partial charge in [-0.3, -0.25) is 0 Å². The predicted molar refractivity (Wildman–Crippen MR) is 40.8 cm³/mol. The zero-order valence-electron chi connectivity index (χ0n) is 6.82. The summed E-state index contributed by atoms with van der Waals surface area (Å²) in [5.74, 6) is 0. The van der Waals surface area contributed by atoms with Crippen LogP contribution in [0.4, 0.5) is 8.78 Å². The van der Waals surface area contributed by atoms with Crippen LogP contribution in [0.15, 0.2) is 0 Å². The van der Waals surface area contributed by atoms with E-state index in [1.165, 1.54) is 0 Å². The third kappa shape index (κ3) is 2.74. The molecule has 1 N–H and O–H groups in total. The van der Waals surface area contributed by atoms with Gasteiger partial charge in [-0.25, -0.2) is 8.78 Å². The molecule has 0 radical (unpaired) electrons. The van der Waals surface area contributed by atoms with Gasteiger partial charge in [-0.1, -0.05) is 0 Å². The van der Waals surface area contributed by atoms with Gasteiger partial charge >= 0.3 is 0 Å². The first kappa shape index (κ1) is 9.40. The van der Waals surface area contributed by atoms with Gasteiger partial charge in [0.1, 0.15) is 0 Å². The lowest BCUT2D eigenvalue weighted by molar-refractivity contribution is 0.143. The molecule has 0 aromatic heterocycles. The van der Waals surface area contributed by atoms with Gasteiger partial charge in [0.15, 0.2) is 0 Å². The molecule has 1 rings (SSSR count). The second-order valence-corrected chi connectivity index (χ2v) is 3.36. The fourth-order valence-electron chi connectivity index (χ4n) is 1.21. The number of nitriles is 1. The van der Waals surface area contributed by atoms with Crippen LogP contribution in [-0.4, -0.2) is 19.5 Å². The molecule has 1 aliphatic rings. The van der Waals surface area contributed by atoms with Gasteiger partial charge in [0.25, 0.3) is 6.43 Å². The van der Waals surface area contributed by atoms with Crippen LogP contribution < -0.4 is 5.32 Å². The third-order valence-corrected chi connectivity index (χ3v) is 2.21. The number of nitrogens with one attached hydrogen (secondary N) is 1. The van der Waals surface area contributed by atoms with E-state index in [4.69, 9.17) is 5.26 Å². The minimum Gasteiger partial charge on any atom is -0.311 e. The lowest BCUT2D eigenvalue weighted by Crippen LogP contribution is -2.28. The fraction of sp³-hybridized carbons (Fsp3) is 0.875. The molecule has 0 heterocycles. The number of nitrogens with zero attached hydrogens (tertiary/aromatic N) is 1. The van der Waals surface area contributed by atoms with Crippen molar-refractivity contribution < 1.29 is 8.78 Å². The highest BCUT2D eigenvalue weighted by atomic mass is 19.3. The van der Waals surface area contributed by atoms with Crippen molar-refractivity contribution in [3.63, 3.8) is 0 Å². The van der Waals surface area contributed by atoms with Crippen molar-refractivity contribution in [3.05, 3.63) is 0 Å². The van der Waals surface area contributed by atoms with Crippen LogP contribution in [0.5, 0.6) is 0 Å². The molecule has 0 atom stereocenters. The molecule has 1 saturated carbocycles. The van der Waals surface area contributed by atoms with Gasteiger partial charge in [-0.15, -0.1) is 0 Å². The van der Waals surface area contributed by atoms with E-state index in [-0.39, 0.29) is 12.0 Å². The Morgan fingerprint density at radius 2 is 2.17 bits per heavy atom. The molecule has 68 valence electrons. The smallest absolute Gasteiger partial charge is 0.250 e. The van der Waals surface area contributed by atoms with E-state index < -0.39 is 6.43 Å². The Balaban J connectivity index is 2.11. The van der Waals surface area contributed by atoms with Crippen molar-refractivity contribution in [1.82, 2.24) is 5.32 Å². The van der Waals surface area contributed by atoms with Crippen LogP contribution in [0.3, 0.4) is 0 Å². The topological polar surface area (TPSA) is 35.8 Å². The average Bonchev–Trinajstić information content (AvgIpc) is 2.69. The molecule has 0 saturated heterocycles. The van der Waals surface area contributed by atoms with Crippen LogP contribution in [0.1, 0.15) is 19.3 Å². The maximum Gasteiger partial charge on any atom is 0.250 e. The summed E-state index contributed by atoms with van der Waals surface area (Å²) in [6.45, 7) is 0.304. The first-order valence-corrected chi connectivity index (χ1v) is 4.04. The molecule has 0 spiro atoms. The second kappa shape index (κ2) is 3.81. The van der Waals surface area contributed by atoms with Crippen LogP contribution in [0, 0.1) is 16.7 Å². The van der Waals surface area contributed by atoms with Gasteiger partial charge in [0, 0.05) is 13.0 Å². The van der Waals surface area contributed by atoms with Crippen LogP contribution in [0.25, 0.3) is 0 Å². The Kier molecular flexibility index (Phi) is 2.99. The highest BCUT2D eigenvalue weighted by Gasteiger charge is 2.41. The van der Waals surface area contributed by atoms with E-state index in [1.54, 1.807) is 0 Å². The summed E-state index contributed by atoms with van der Waals surface area (Å²) in [6, 6.07) is 2.08. The van der Waals surface area contributed by atoms with Crippen molar-refractivity contribution in [2.75, 3.05) is 13.1 Å². The molecule has 12 heavy (non-hydrogen) atoms. The molecule has 2 nitrogen and oxygen atoms in total. The highest BCUT2D eigenvalue weighted by Crippen LogP contribution is 2.47. The number of hydrogen-bond donors (Lipinski definition) is 1. The number of halogens is 2. The molecule has 1 aliphatic carbocycles. The minimum atomic E-state index is -2.29. The highest BCUT2D eigenvalue weighted by molar-refractivity contribution is 5.00. The third-order valence-electron chi connectivity index (χ3n) is 2.21. The van der Waals surface area contributed by atoms with Gasteiger partial charge in [-0.2, -0.15) is 5.26 Å². The summed E-state index contributed by atoms with van der Waals surface area (Å²) in [7, 11) is 0. The Morgan fingerprint density at radius 1 is 1.50 bits per heavy atom. The standard InChI is InChI=1S/C8H12F2N2/c9-7(10)5-12-6-8(1-2-8)3-4-11/h7,12H,1-3,5-6H2. The summed E-state index contributed by atoms with van der Waals surface area (Å²) >= 11 is 0. The van der Waals surface area contributed by atoms with E-state index in [1.807, 2.05) is 0 Å². The van der Waals surface area contributed by atoms with E-state index in [9.17, 15) is 8.78 Å². The van der Waals surface area contributed by atoms with E-state index in [0.29, 0.717) is 13.0 Å². The lowest BCUT2D eigenvalue weighted by Gasteiger charge is -2.11. The van der Waals surface area contributed by atoms with E-state index >= 15 is 0 Å². The molecule has 1 fully saturated rings. The Labute approximate surface area is 70.6 Å². The van der Waals surface area contributed by atoms with E-state index in [0.717, 1.165) is 12.8 Å². The zero-order valence-corrected chi connectivity index (χ0v) is 6.82. The molecule has 0 bridgehead atoms. The van der Waals surface area contributed by atoms with Gasteiger partial charge in [-0.05, 0) is 18.3 Å². The molecule has 0 amide bonds. The van der Waals surface area contributed by atoms with Crippen LogP contribution >= 0.6 is 0 Å². The van der Waals surface area contributed by atoms with Crippen LogP contribution in [-0.2, 0) is 0 Å². The quantitative estimate of drug-likeness (QED) is 0.686. The largest absolute Gasteiger partial charge is 0.311 e. The summed E-state index contributed by atoms with van der Waals surface area (Å²) in [5.41, 5.74) is 0.0314. The van der Waals surface area contributed by atoms with Crippen molar-refractivity contribution in [3.8, 4) is 6.07 Å². The van der Waals surface area contributed by atoms with Crippen LogP contribution in [0.2, 0.25) is 0 Å². The van der Waals surface area contributed by atoms with Gasteiger partial charge in [0.05, 0.1) is 12.6 Å². The monoisotopic (exact) mass is 174 g/mol. The zero-order chi connectivity index (χ0) is 9.03. The Bertz CT molecular complexity index is 182. The maximum absolute atomic E-state index is 11.7. The maximum atomic E-state index is 11.7. The number of rotatable bonds is 5. The lowest BCUT2D eigenvalue weighted by atomic mass is 10.0. The molecule has 4 heteroatoms. The summed E-state index contributed by atoms with van der Waals surface area (Å²) in [5, 5.41) is 11.1.